The van der Waals surface area contributed by atoms with Crippen molar-refractivity contribution in [2.75, 3.05) is 20.2 Å². The summed E-state index contributed by atoms with van der Waals surface area (Å²) in [6, 6.07) is 57.4. The summed E-state index contributed by atoms with van der Waals surface area (Å²) in [4.78, 5) is 0. The van der Waals surface area contributed by atoms with Crippen LogP contribution in [0.1, 0.15) is 0 Å². The first-order chi connectivity index (χ1) is 21.3. The van der Waals surface area contributed by atoms with Crippen LogP contribution >= 0.6 is 16.2 Å². The summed E-state index contributed by atoms with van der Waals surface area (Å²) in [6.45, 7) is 1.14. The van der Waals surface area contributed by atoms with E-state index in [2.05, 4.69) is 176 Å². The molecular formula is C38H35NO2P2. The average molecular weight is 600 g/mol. The van der Waals surface area contributed by atoms with Crippen LogP contribution in [0.4, 0.5) is 0 Å². The average Bonchev–Trinajstić information content (AvgIpc) is 3.08. The van der Waals surface area contributed by atoms with Crippen LogP contribution in [0.5, 0.6) is 5.75 Å². The van der Waals surface area contributed by atoms with Gasteiger partial charge in [0.2, 0.25) is 0 Å². The minimum absolute atomic E-state index is 0.187. The Kier molecular flexibility index (Phi) is 9.90. The largest absolute Gasteiger partial charge is 0.490 e. The fourth-order valence-corrected chi connectivity index (χ4v) is 9.42. The van der Waals surface area contributed by atoms with Gasteiger partial charge >= 0.3 is 0 Å². The summed E-state index contributed by atoms with van der Waals surface area (Å²) in [5.74, 6) is 0.881. The van der Waals surface area contributed by atoms with E-state index in [0.717, 1.165) is 11.1 Å². The topological polar surface area (TPSA) is 21.7 Å². The number of hydrogen-bond acceptors (Lipinski definition) is 3. The molecule has 0 saturated carbocycles. The Bertz CT molecular complexity index is 1620. The van der Waals surface area contributed by atoms with E-state index in [1.54, 1.807) is 0 Å². The number of nitrogens with zero attached hydrogens (tertiary/aromatic N) is 1. The second-order valence-corrected chi connectivity index (χ2v) is 14.5. The first-order valence-electron chi connectivity index (χ1n) is 14.5. The molecule has 214 valence electrons. The van der Waals surface area contributed by atoms with E-state index in [4.69, 9.17) is 9.26 Å². The second-order valence-electron chi connectivity index (χ2n) is 10.3. The van der Waals surface area contributed by atoms with E-state index in [1.165, 1.54) is 26.6 Å². The van der Waals surface area contributed by atoms with Gasteiger partial charge in [-0.1, -0.05) is 158 Å². The van der Waals surface area contributed by atoms with E-state index in [0.29, 0.717) is 13.2 Å². The Hall–Kier alpha value is -3.84. The van der Waals surface area contributed by atoms with Gasteiger partial charge in [-0.3, -0.25) is 4.67 Å². The number of fused-ring (bicyclic) bond motifs is 1. The highest BCUT2D eigenvalue weighted by atomic mass is 31.1. The van der Waals surface area contributed by atoms with Crippen LogP contribution < -0.4 is 26.0 Å². The van der Waals surface area contributed by atoms with Gasteiger partial charge in [0.1, 0.15) is 18.5 Å². The van der Waals surface area contributed by atoms with Gasteiger partial charge in [0, 0.05) is 30.6 Å². The summed E-state index contributed by atoms with van der Waals surface area (Å²) in [7, 11) is 0.386. The predicted octanol–water partition coefficient (Wildman–Crippen LogP) is 7.63. The molecule has 1 atom stereocenters. The van der Waals surface area contributed by atoms with Crippen LogP contribution in [0.3, 0.4) is 0 Å². The van der Waals surface area contributed by atoms with E-state index < -0.39 is 16.2 Å². The normalized spacial score (nSPS) is 12.2. The first-order valence-corrected chi connectivity index (χ1v) is 17.1. The lowest BCUT2D eigenvalue weighted by atomic mass is 10.1. The number of rotatable bonds is 12. The van der Waals surface area contributed by atoms with Crippen molar-refractivity contribution in [2.24, 2.45) is 0 Å². The quantitative estimate of drug-likeness (QED) is 0.135. The molecule has 6 rings (SSSR count). The second kappa shape index (κ2) is 14.6. The first kappa shape index (κ1) is 29.2. The zero-order chi connectivity index (χ0) is 29.3. The Morgan fingerprint density at radius 3 is 1.56 bits per heavy atom. The smallest absolute Gasteiger partial charge is 0.127 e. The van der Waals surface area contributed by atoms with Gasteiger partial charge < -0.3 is 9.26 Å². The van der Waals surface area contributed by atoms with Gasteiger partial charge in [-0.05, 0) is 29.1 Å². The van der Waals surface area contributed by atoms with Crippen LogP contribution in [0.2, 0.25) is 0 Å². The maximum Gasteiger partial charge on any atom is 0.127 e. The molecule has 0 aliphatic heterocycles. The summed E-state index contributed by atoms with van der Waals surface area (Å²) >= 11 is 0. The van der Waals surface area contributed by atoms with Crippen molar-refractivity contribution in [1.29, 1.82) is 0 Å². The third-order valence-electron chi connectivity index (χ3n) is 7.22. The molecule has 0 spiro atoms. The van der Waals surface area contributed by atoms with Crippen LogP contribution in [0, 0.1) is 0 Å². The lowest BCUT2D eigenvalue weighted by Gasteiger charge is -2.33. The van der Waals surface area contributed by atoms with Crippen LogP contribution in [-0.4, -0.2) is 31.0 Å². The van der Waals surface area contributed by atoms with Gasteiger partial charge in [-0.15, -0.1) is 0 Å². The molecule has 0 aromatic heterocycles. The van der Waals surface area contributed by atoms with E-state index >= 15 is 0 Å². The van der Waals surface area contributed by atoms with Crippen molar-refractivity contribution in [1.82, 2.24) is 4.67 Å². The highest BCUT2D eigenvalue weighted by Crippen LogP contribution is 2.41. The number of benzene rings is 6. The third kappa shape index (κ3) is 7.39. The summed E-state index contributed by atoms with van der Waals surface area (Å²) in [5.41, 5.74) is 0. The molecule has 0 unspecified atom stereocenters. The molecule has 0 saturated heterocycles. The van der Waals surface area contributed by atoms with Gasteiger partial charge in [0.05, 0.1) is 8.15 Å². The summed E-state index contributed by atoms with van der Waals surface area (Å²) in [6.07, 6.45) is -0.187. The predicted molar refractivity (Wildman–Crippen MR) is 185 cm³/mol. The minimum atomic E-state index is -1.06. The highest BCUT2D eigenvalue weighted by molar-refractivity contribution is 7.70. The van der Waals surface area contributed by atoms with Gasteiger partial charge in [0.15, 0.2) is 0 Å². The molecule has 0 bridgehead atoms. The number of likely N-dealkylation sites (N-methyl/N-ethyl adjacent to an activating group) is 1. The van der Waals surface area contributed by atoms with E-state index in [-0.39, 0.29) is 6.10 Å². The zero-order valence-corrected chi connectivity index (χ0v) is 26.0. The molecule has 5 heteroatoms. The zero-order valence-electron chi connectivity index (χ0n) is 24.2. The molecular weight excluding hydrogens is 564 g/mol. The van der Waals surface area contributed by atoms with Crippen molar-refractivity contribution in [3.8, 4) is 5.75 Å². The number of hydrogen-bond donors (Lipinski definition) is 0. The van der Waals surface area contributed by atoms with Crippen LogP contribution in [0.25, 0.3) is 10.8 Å². The Morgan fingerprint density at radius 1 is 0.535 bits per heavy atom. The maximum absolute atomic E-state index is 7.16. The van der Waals surface area contributed by atoms with Gasteiger partial charge in [-0.25, -0.2) is 0 Å². The fourth-order valence-electron chi connectivity index (χ4n) is 5.23. The standard InChI is InChI=1S/C38H35NO2P2/c1-39(42(33-19-6-2-7-20-33)34-21-8-3-9-22-34)29-32(30-40-38-28-16-18-31-17-14-15-27-37(31)38)41-43(35-23-10-4-11-24-35)36-25-12-5-13-26-36/h2-28,32H,29-30H2,1H3/t32-/m0/s1. The van der Waals surface area contributed by atoms with Crippen molar-refractivity contribution in [2.45, 2.75) is 6.10 Å². The molecule has 0 aliphatic rings. The summed E-state index contributed by atoms with van der Waals surface area (Å²) < 4.78 is 16.2. The minimum Gasteiger partial charge on any atom is -0.490 e. The Balaban J connectivity index is 1.34. The molecule has 0 heterocycles. The number of ether oxygens (including phenoxy) is 1. The fraction of sp³-hybridized carbons (Fsp3) is 0.105. The lowest BCUT2D eigenvalue weighted by molar-refractivity contribution is 0.131. The van der Waals surface area contributed by atoms with E-state index in [1.807, 2.05) is 0 Å². The molecule has 43 heavy (non-hydrogen) atoms. The molecule has 0 N–H and O–H groups in total. The Morgan fingerprint density at radius 2 is 1.00 bits per heavy atom. The van der Waals surface area contributed by atoms with Crippen LogP contribution in [0.15, 0.2) is 164 Å². The van der Waals surface area contributed by atoms with Gasteiger partial charge in [0.25, 0.3) is 0 Å². The highest BCUT2D eigenvalue weighted by Gasteiger charge is 2.27. The van der Waals surface area contributed by atoms with Crippen molar-refractivity contribution < 1.29 is 9.26 Å². The molecule has 0 aliphatic carbocycles. The molecule has 0 fully saturated rings. The molecule has 0 radical (unpaired) electrons. The molecule has 3 nitrogen and oxygen atoms in total. The maximum atomic E-state index is 7.16. The van der Waals surface area contributed by atoms with Gasteiger partial charge in [-0.2, -0.15) is 0 Å². The molecule has 6 aromatic rings. The van der Waals surface area contributed by atoms with Crippen LogP contribution in [-0.2, 0) is 4.52 Å². The Labute approximate surface area is 257 Å². The summed E-state index contributed by atoms with van der Waals surface area (Å²) in [5, 5.41) is 7.29. The SMILES string of the molecule is CN(C[C@@H](COc1cccc2ccccc12)OP(c1ccccc1)c1ccccc1)P(c1ccccc1)c1ccccc1. The third-order valence-corrected chi connectivity index (χ3v) is 11.7. The molecule has 0 amide bonds. The molecule has 6 aromatic carbocycles. The van der Waals surface area contributed by atoms with Crippen molar-refractivity contribution >= 4 is 48.2 Å². The van der Waals surface area contributed by atoms with Crippen molar-refractivity contribution in [3.63, 3.8) is 0 Å². The van der Waals surface area contributed by atoms with Crippen molar-refractivity contribution in [3.05, 3.63) is 164 Å². The van der Waals surface area contributed by atoms with E-state index in [9.17, 15) is 0 Å². The monoisotopic (exact) mass is 599 g/mol. The lowest BCUT2D eigenvalue weighted by Crippen LogP contribution is -2.37.